The maximum atomic E-state index is 13.4. The van der Waals surface area contributed by atoms with Crippen molar-refractivity contribution in [2.45, 2.75) is 102 Å². The summed E-state index contributed by atoms with van der Waals surface area (Å²) in [7, 11) is -2.37. The molecular formula is C46H58N4O12PSi+. The van der Waals surface area contributed by atoms with E-state index in [4.69, 9.17) is 36.9 Å². The average Bonchev–Trinajstić information content (AvgIpc) is 3.87. The predicted octanol–water partition coefficient (Wildman–Crippen LogP) is 6.73. The molecule has 2 aromatic heterocycles. The molecule has 4 heterocycles. The molecule has 2 N–H and O–H groups in total. The zero-order valence-electron chi connectivity index (χ0n) is 37.7. The van der Waals surface area contributed by atoms with E-state index in [-0.39, 0.29) is 13.0 Å². The summed E-state index contributed by atoms with van der Waals surface area (Å²) < 4.78 is 55.2. The third-order valence-corrected chi connectivity index (χ3v) is 16.2. The second-order valence-electron chi connectivity index (χ2n) is 17.2. The molecule has 3 aromatic carbocycles. The summed E-state index contributed by atoms with van der Waals surface area (Å²) in [5.41, 5.74) is -0.252. The smallest absolute Gasteiger partial charge is 0.397 e. The van der Waals surface area contributed by atoms with E-state index in [1.807, 2.05) is 112 Å². The lowest BCUT2D eigenvalue weighted by Crippen LogP contribution is -2.41. The molecule has 16 nitrogen and oxygen atoms in total. The number of nitrogens with one attached hydrogen (secondary N) is 2. The van der Waals surface area contributed by atoms with Crippen molar-refractivity contribution in [3.8, 4) is 11.5 Å². The molecule has 18 heteroatoms. The highest BCUT2D eigenvalue weighted by atomic mass is 31.2. The van der Waals surface area contributed by atoms with E-state index >= 15 is 0 Å². The molecule has 0 amide bonds. The first-order valence-electron chi connectivity index (χ1n) is 21.3. The molecule has 3 unspecified atom stereocenters. The lowest BCUT2D eigenvalue weighted by Gasteiger charge is -2.39. The molecule has 0 spiro atoms. The zero-order chi connectivity index (χ0) is 46.0. The number of H-pyrrole nitrogens is 2. The molecule has 0 saturated carbocycles. The van der Waals surface area contributed by atoms with Gasteiger partial charge in [-0.2, -0.15) is 9.05 Å². The fraction of sp³-hybridized carbons (Fsp3) is 0.435. The highest BCUT2D eigenvalue weighted by Gasteiger charge is 2.53. The Morgan fingerprint density at radius 3 is 1.64 bits per heavy atom. The van der Waals surface area contributed by atoms with Crippen molar-refractivity contribution in [3.63, 3.8) is 0 Å². The molecule has 5 aromatic rings. The Kier molecular flexibility index (Phi) is 14.1. The summed E-state index contributed by atoms with van der Waals surface area (Å²) in [5, 5.41) is 0. The van der Waals surface area contributed by atoms with Crippen molar-refractivity contribution in [1.82, 2.24) is 19.1 Å². The van der Waals surface area contributed by atoms with Crippen molar-refractivity contribution in [1.29, 1.82) is 0 Å². The minimum absolute atomic E-state index is 0.0739. The highest BCUT2D eigenvalue weighted by molar-refractivity contribution is 7.62. The molecule has 2 aliphatic rings. The van der Waals surface area contributed by atoms with Crippen molar-refractivity contribution < 1.29 is 36.9 Å². The van der Waals surface area contributed by atoms with Crippen molar-refractivity contribution in [2.75, 3.05) is 27.5 Å². The number of hydrogen-bond donors (Lipinski definition) is 2. The van der Waals surface area contributed by atoms with Gasteiger partial charge in [0.1, 0.15) is 55.0 Å². The summed E-state index contributed by atoms with van der Waals surface area (Å²) in [6.07, 6.45) is -0.0221. The van der Waals surface area contributed by atoms with Crippen molar-refractivity contribution >= 4 is 16.3 Å². The van der Waals surface area contributed by atoms with Gasteiger partial charge in [-0.05, 0) is 80.9 Å². The van der Waals surface area contributed by atoms with Crippen molar-refractivity contribution in [2.24, 2.45) is 0 Å². The Morgan fingerprint density at radius 1 is 0.703 bits per heavy atom. The van der Waals surface area contributed by atoms with Crippen LogP contribution in [0.15, 0.2) is 110 Å². The molecule has 0 bridgehead atoms. The van der Waals surface area contributed by atoms with Crippen LogP contribution in [0.25, 0.3) is 0 Å². The highest BCUT2D eigenvalue weighted by Crippen LogP contribution is 2.63. The van der Waals surface area contributed by atoms with E-state index in [1.54, 1.807) is 28.1 Å². The maximum Gasteiger partial charge on any atom is 0.397 e. The number of benzene rings is 3. The van der Waals surface area contributed by atoms with E-state index in [1.165, 1.54) is 21.5 Å². The number of hydrogen-bond acceptors (Lipinski definition) is 12. The normalized spacial score (nSPS) is 22.3. The van der Waals surface area contributed by atoms with Gasteiger partial charge in [0.2, 0.25) is 8.32 Å². The van der Waals surface area contributed by atoms with E-state index in [0.717, 1.165) is 16.7 Å². The minimum Gasteiger partial charge on any atom is -0.497 e. The van der Waals surface area contributed by atoms with Gasteiger partial charge in [-0.25, -0.2) is 13.8 Å². The molecule has 0 radical (unpaired) electrons. The van der Waals surface area contributed by atoms with Crippen LogP contribution in [0.5, 0.6) is 11.5 Å². The number of rotatable bonds is 17. The van der Waals surface area contributed by atoms with Crippen LogP contribution in [-0.2, 0) is 33.1 Å². The van der Waals surface area contributed by atoms with Gasteiger partial charge in [0, 0.05) is 36.4 Å². The molecule has 64 heavy (non-hydrogen) atoms. The lowest BCUT2D eigenvalue weighted by atomic mass is 9.79. The number of nitrogens with zero attached hydrogens (tertiary/aromatic N) is 2. The fourth-order valence-electron chi connectivity index (χ4n) is 8.38. The first-order chi connectivity index (χ1) is 30.4. The summed E-state index contributed by atoms with van der Waals surface area (Å²) >= 11 is 0. The minimum atomic E-state index is -3.22. The van der Waals surface area contributed by atoms with Crippen LogP contribution >= 0.6 is 7.94 Å². The van der Waals surface area contributed by atoms with Gasteiger partial charge in [0.05, 0.1) is 26.4 Å². The molecule has 0 aliphatic carbocycles. The molecule has 7 atom stereocenters. The zero-order valence-corrected chi connectivity index (χ0v) is 39.6. The predicted molar refractivity (Wildman–Crippen MR) is 245 cm³/mol. The van der Waals surface area contributed by atoms with Gasteiger partial charge >= 0.3 is 19.3 Å². The van der Waals surface area contributed by atoms with Gasteiger partial charge in [0.15, 0.2) is 0 Å². The third-order valence-electron chi connectivity index (χ3n) is 11.4. The molecular weight excluding hydrogens is 860 g/mol. The van der Waals surface area contributed by atoms with Crippen LogP contribution in [-0.4, -0.2) is 79.3 Å². The first-order valence-corrected chi connectivity index (χ1v) is 26.7. The standard InChI is InChI=1S/C46H57N4O12PSi/c1-10-36-38(25-41(58-36)50-27-30(3)43(52)48-45(50)54)61-63(6,62-64(7,8)9)57-28-39-37(24-40(59-39)49-26-29(2)42(51)47-44(49)53)60-46(31-14-12-11-13-15-31,32-16-20-34(55-4)21-17-32)33-18-22-35(56-5)23-19-33/h11-23,26-27,36-41H,10,24-25,28H2,1-9H3,(H-,47,48,51,52,53,54)/p+1/t36-,37?,38?,39-,40-,41-,63?/m1/s1. The van der Waals surface area contributed by atoms with Gasteiger partial charge < -0.3 is 23.7 Å². The van der Waals surface area contributed by atoms with Crippen LogP contribution < -0.4 is 32.0 Å². The average molecular weight is 918 g/mol. The van der Waals surface area contributed by atoms with Gasteiger partial charge in [-0.15, -0.1) is 0 Å². The number of aryl methyl sites for hydroxylation is 2. The summed E-state index contributed by atoms with van der Waals surface area (Å²) in [4.78, 5) is 55.8. The third kappa shape index (κ3) is 10.1. The first kappa shape index (κ1) is 47.0. The molecule has 7 rings (SSSR count). The Labute approximate surface area is 373 Å². The van der Waals surface area contributed by atoms with E-state index in [9.17, 15) is 19.2 Å². The molecule has 2 fully saturated rings. The Hall–Kier alpha value is -4.97. The van der Waals surface area contributed by atoms with Crippen LogP contribution in [0.2, 0.25) is 19.6 Å². The second kappa shape index (κ2) is 19.2. The SMILES string of the molecule is CC[C@H]1O[C@@H](n2cc(C)c(=O)[nH]c2=O)CC1O[P+](C)(OC[C@H]1O[C@@H](n2cc(C)c(=O)[nH]c2=O)CC1OC(c1ccccc1)(c1ccc(OC)cc1)c1ccc(OC)cc1)O[Si](C)(C)C. The lowest BCUT2D eigenvalue weighted by molar-refractivity contribution is -0.0989. The molecule has 342 valence electrons. The number of aromatic amines is 2. The molecule has 2 saturated heterocycles. The van der Waals surface area contributed by atoms with E-state index in [2.05, 4.69) is 9.97 Å². The van der Waals surface area contributed by atoms with Crippen molar-refractivity contribution in [3.05, 3.63) is 161 Å². The Bertz CT molecular complexity index is 2580. The van der Waals surface area contributed by atoms with Crippen LogP contribution in [0.4, 0.5) is 0 Å². The summed E-state index contributed by atoms with van der Waals surface area (Å²) in [6, 6.07) is 25.2. The second-order valence-corrected chi connectivity index (χ2v) is 24.1. The van der Waals surface area contributed by atoms with E-state index < -0.39 is 81.2 Å². The Morgan fingerprint density at radius 2 is 1.17 bits per heavy atom. The largest absolute Gasteiger partial charge is 0.497 e. The van der Waals surface area contributed by atoms with E-state index in [0.29, 0.717) is 35.5 Å². The fourth-order valence-corrected chi connectivity index (χ4v) is 13.9. The Balaban J connectivity index is 1.28. The van der Waals surface area contributed by atoms with Gasteiger partial charge in [-0.3, -0.25) is 28.7 Å². The maximum absolute atomic E-state index is 13.4. The summed E-state index contributed by atoms with van der Waals surface area (Å²) in [6.45, 7) is 13.1. The number of aromatic nitrogens is 4. The van der Waals surface area contributed by atoms with Crippen LogP contribution in [0, 0.1) is 13.8 Å². The number of ether oxygens (including phenoxy) is 5. The van der Waals surface area contributed by atoms with Gasteiger partial charge in [-0.1, -0.05) is 61.5 Å². The van der Waals surface area contributed by atoms with Crippen LogP contribution in [0.1, 0.15) is 66.5 Å². The van der Waals surface area contributed by atoms with Crippen LogP contribution in [0.3, 0.4) is 0 Å². The quantitative estimate of drug-likeness (QED) is 0.0571. The number of methoxy groups -OCH3 is 2. The van der Waals surface area contributed by atoms with Gasteiger partial charge in [0.25, 0.3) is 11.1 Å². The molecule has 2 aliphatic heterocycles. The summed E-state index contributed by atoms with van der Waals surface area (Å²) in [5.74, 6) is 1.33. The monoisotopic (exact) mass is 917 g/mol. The topological polar surface area (TPSA) is 184 Å².